The normalized spacial score (nSPS) is 19.7. The summed E-state index contributed by atoms with van der Waals surface area (Å²) in [5.74, 6) is -0.440. The number of amides is 1. The number of aryl methyl sites for hydroxylation is 1. The van der Waals surface area contributed by atoms with Crippen molar-refractivity contribution in [3.63, 3.8) is 0 Å². The lowest BCUT2D eigenvalue weighted by Crippen LogP contribution is -2.39. The predicted octanol–water partition coefficient (Wildman–Crippen LogP) is 5.53. The topological polar surface area (TPSA) is 83.9 Å². The van der Waals surface area contributed by atoms with Crippen LogP contribution in [-0.4, -0.2) is 40.5 Å². The molecule has 1 fully saturated rings. The summed E-state index contributed by atoms with van der Waals surface area (Å²) in [7, 11) is 0. The fourth-order valence-corrected chi connectivity index (χ4v) is 5.26. The van der Waals surface area contributed by atoms with Gasteiger partial charge in [-0.3, -0.25) is 9.59 Å². The highest BCUT2D eigenvalue weighted by molar-refractivity contribution is 6.31. The average molecular weight is 498 g/mol. The fraction of sp³-hybridized carbons (Fsp3) is 0.464. The number of benzene rings is 2. The number of hydrogen-bond donors (Lipinski definition) is 1. The Balaban J connectivity index is 1.27. The summed E-state index contributed by atoms with van der Waals surface area (Å²) in [6.45, 7) is 3.02. The number of Topliss-reactive ketones (excluding diaryl/α,β-unsaturated/α-hetero) is 1. The Bertz CT molecular complexity index is 1110. The Hall–Kier alpha value is -2.86. The van der Waals surface area contributed by atoms with E-state index in [1.807, 2.05) is 37.3 Å². The Kier molecular flexibility index (Phi) is 8.11. The molecular formula is C28H32ClNO5. The number of carboxylic acids is 1. The summed E-state index contributed by atoms with van der Waals surface area (Å²) in [4.78, 5) is 38.0. The molecule has 2 aromatic carbocycles. The fourth-order valence-electron chi connectivity index (χ4n) is 5.05. The van der Waals surface area contributed by atoms with Crippen LogP contribution in [-0.2, 0) is 40.1 Å². The Morgan fingerprint density at radius 1 is 1.00 bits per heavy atom. The number of carboxylic acid groups (broad SMARTS) is 1. The van der Waals surface area contributed by atoms with E-state index in [4.69, 9.17) is 21.4 Å². The molecule has 1 aliphatic heterocycles. The minimum Gasteiger partial charge on any atom is -0.481 e. The van der Waals surface area contributed by atoms with E-state index >= 15 is 0 Å². The SMILES string of the molecule is Cc1ccc(CC(=O)Cc2ccc3c(c2)CCN(C(=O)OC2CCC(CC(=O)O)CC2)C3)cc1Cl. The lowest BCUT2D eigenvalue weighted by molar-refractivity contribution is -0.138. The molecule has 2 aromatic rings. The maximum absolute atomic E-state index is 12.7. The van der Waals surface area contributed by atoms with Gasteiger partial charge in [0.1, 0.15) is 11.9 Å². The van der Waals surface area contributed by atoms with Gasteiger partial charge in [0.15, 0.2) is 0 Å². The second-order valence-corrected chi connectivity index (χ2v) is 10.3. The van der Waals surface area contributed by atoms with E-state index in [0.29, 0.717) is 31.0 Å². The molecular weight excluding hydrogens is 466 g/mol. The highest BCUT2D eigenvalue weighted by atomic mass is 35.5. The van der Waals surface area contributed by atoms with Gasteiger partial charge < -0.3 is 14.7 Å². The third kappa shape index (κ3) is 6.85. The van der Waals surface area contributed by atoms with Crippen molar-refractivity contribution in [3.05, 3.63) is 69.2 Å². The maximum atomic E-state index is 12.7. The third-order valence-electron chi connectivity index (χ3n) is 7.10. The molecule has 4 rings (SSSR count). The average Bonchev–Trinajstić information content (AvgIpc) is 2.82. The van der Waals surface area contributed by atoms with Crippen LogP contribution >= 0.6 is 11.6 Å². The summed E-state index contributed by atoms with van der Waals surface area (Å²) in [5.41, 5.74) is 5.17. The molecule has 1 saturated carbocycles. The molecule has 186 valence electrons. The Morgan fingerprint density at radius 3 is 2.37 bits per heavy atom. The van der Waals surface area contributed by atoms with E-state index in [-0.39, 0.29) is 30.3 Å². The number of carbonyl (C=O) groups excluding carboxylic acids is 2. The standard InChI is InChI=1S/C28H32ClNO5/c1-18-2-3-21(15-26(18)29)14-24(31)13-20-4-7-23-17-30(11-10-22(23)12-20)28(34)35-25-8-5-19(6-9-25)16-27(32)33/h2-4,7,12,15,19,25H,5-6,8-11,13-14,16-17H2,1H3,(H,32,33). The molecule has 0 unspecified atom stereocenters. The van der Waals surface area contributed by atoms with Crippen molar-refractivity contribution in [2.45, 2.75) is 70.9 Å². The highest BCUT2D eigenvalue weighted by Gasteiger charge is 2.28. The van der Waals surface area contributed by atoms with E-state index in [9.17, 15) is 14.4 Å². The van der Waals surface area contributed by atoms with Crippen molar-refractivity contribution in [3.8, 4) is 0 Å². The molecule has 1 N–H and O–H groups in total. The molecule has 0 bridgehead atoms. The summed E-state index contributed by atoms with van der Waals surface area (Å²) in [6, 6.07) is 11.8. The Labute approximate surface area is 211 Å². The largest absolute Gasteiger partial charge is 0.481 e. The van der Waals surface area contributed by atoms with E-state index in [1.54, 1.807) is 4.90 Å². The van der Waals surface area contributed by atoms with Crippen LogP contribution in [0.5, 0.6) is 0 Å². The molecule has 0 radical (unpaired) electrons. The van der Waals surface area contributed by atoms with Crippen LogP contribution in [0.25, 0.3) is 0 Å². The number of carbonyl (C=O) groups is 3. The number of ether oxygens (including phenoxy) is 1. The van der Waals surface area contributed by atoms with Crippen molar-refractivity contribution in [2.24, 2.45) is 5.92 Å². The van der Waals surface area contributed by atoms with Crippen molar-refractivity contribution < 1.29 is 24.2 Å². The van der Waals surface area contributed by atoms with Gasteiger partial charge in [-0.25, -0.2) is 4.79 Å². The number of halogens is 1. The minimum atomic E-state index is -0.763. The second kappa shape index (κ2) is 11.3. The summed E-state index contributed by atoms with van der Waals surface area (Å²) in [5, 5.41) is 9.63. The zero-order valence-electron chi connectivity index (χ0n) is 20.1. The number of hydrogen-bond acceptors (Lipinski definition) is 4. The van der Waals surface area contributed by atoms with Crippen LogP contribution in [0.15, 0.2) is 36.4 Å². The highest BCUT2D eigenvalue weighted by Crippen LogP contribution is 2.29. The molecule has 7 heteroatoms. The summed E-state index contributed by atoms with van der Waals surface area (Å²) >= 11 is 6.18. The van der Waals surface area contributed by atoms with Gasteiger partial charge in [0, 0.05) is 37.4 Å². The van der Waals surface area contributed by atoms with Gasteiger partial charge in [0.25, 0.3) is 0 Å². The minimum absolute atomic E-state index is 0.134. The first-order valence-corrected chi connectivity index (χ1v) is 12.7. The van der Waals surface area contributed by atoms with Crippen LogP contribution in [0, 0.1) is 12.8 Å². The Morgan fingerprint density at radius 2 is 1.69 bits per heavy atom. The molecule has 0 atom stereocenters. The number of ketones is 1. The van der Waals surface area contributed by atoms with Crippen LogP contribution < -0.4 is 0 Å². The molecule has 1 amide bonds. The van der Waals surface area contributed by atoms with Crippen LogP contribution in [0.3, 0.4) is 0 Å². The van der Waals surface area contributed by atoms with Gasteiger partial charge in [-0.2, -0.15) is 0 Å². The van der Waals surface area contributed by atoms with Crippen LogP contribution in [0.1, 0.15) is 59.9 Å². The van der Waals surface area contributed by atoms with Crippen molar-refractivity contribution in [2.75, 3.05) is 6.54 Å². The monoisotopic (exact) mass is 497 g/mol. The molecule has 0 spiro atoms. The van der Waals surface area contributed by atoms with E-state index in [1.165, 1.54) is 5.56 Å². The van der Waals surface area contributed by atoms with Crippen molar-refractivity contribution in [1.29, 1.82) is 0 Å². The van der Waals surface area contributed by atoms with Crippen LogP contribution in [0.2, 0.25) is 5.02 Å². The summed E-state index contributed by atoms with van der Waals surface area (Å²) < 4.78 is 5.73. The first-order chi connectivity index (χ1) is 16.8. The number of fused-ring (bicyclic) bond motifs is 1. The molecule has 1 heterocycles. The molecule has 2 aliphatic rings. The number of nitrogens with zero attached hydrogens (tertiary/aromatic N) is 1. The lowest BCUT2D eigenvalue weighted by Gasteiger charge is -2.32. The van der Waals surface area contributed by atoms with Crippen LogP contribution in [0.4, 0.5) is 4.79 Å². The molecule has 0 saturated heterocycles. The van der Waals surface area contributed by atoms with Crippen molar-refractivity contribution in [1.82, 2.24) is 4.90 Å². The smallest absolute Gasteiger partial charge is 0.410 e. The molecule has 35 heavy (non-hydrogen) atoms. The quantitative estimate of drug-likeness (QED) is 0.543. The van der Waals surface area contributed by atoms with Gasteiger partial charge in [0.05, 0.1) is 0 Å². The maximum Gasteiger partial charge on any atom is 0.410 e. The van der Waals surface area contributed by atoms with Gasteiger partial charge in [-0.15, -0.1) is 0 Å². The van der Waals surface area contributed by atoms with Crippen molar-refractivity contribution >= 4 is 29.4 Å². The van der Waals surface area contributed by atoms with E-state index in [0.717, 1.165) is 54.4 Å². The zero-order valence-corrected chi connectivity index (χ0v) is 20.9. The van der Waals surface area contributed by atoms with E-state index in [2.05, 4.69) is 6.07 Å². The second-order valence-electron chi connectivity index (χ2n) is 9.87. The summed E-state index contributed by atoms with van der Waals surface area (Å²) in [6.07, 6.45) is 4.23. The van der Waals surface area contributed by atoms with E-state index < -0.39 is 5.97 Å². The zero-order chi connectivity index (χ0) is 24.9. The third-order valence-corrected chi connectivity index (χ3v) is 7.51. The number of aliphatic carboxylic acids is 1. The number of rotatable bonds is 7. The van der Waals surface area contributed by atoms with Gasteiger partial charge >= 0.3 is 12.1 Å². The van der Waals surface area contributed by atoms with Gasteiger partial charge in [-0.1, -0.05) is 41.9 Å². The molecule has 1 aliphatic carbocycles. The first-order valence-electron chi connectivity index (χ1n) is 12.3. The predicted molar refractivity (Wildman–Crippen MR) is 134 cm³/mol. The first kappa shape index (κ1) is 25.2. The molecule has 6 nitrogen and oxygen atoms in total. The molecule has 0 aromatic heterocycles. The lowest BCUT2D eigenvalue weighted by atomic mass is 9.85. The van der Waals surface area contributed by atoms with Gasteiger partial charge in [-0.05, 0) is 78.8 Å². The van der Waals surface area contributed by atoms with Gasteiger partial charge in [0.2, 0.25) is 0 Å².